The van der Waals surface area contributed by atoms with Gasteiger partial charge in [-0.3, -0.25) is 9.48 Å². The average Bonchev–Trinajstić information content (AvgIpc) is 3.63. The highest BCUT2D eigenvalue weighted by Crippen LogP contribution is 2.33. The van der Waals surface area contributed by atoms with E-state index < -0.39 is 0 Å². The lowest BCUT2D eigenvalue weighted by Crippen LogP contribution is -2.33. The number of benzene rings is 2. The van der Waals surface area contributed by atoms with Crippen molar-refractivity contribution in [3.05, 3.63) is 77.5 Å². The molecule has 1 amide bonds. The molecule has 0 aliphatic heterocycles. The molecule has 1 aliphatic carbocycles. The Kier molecular flexibility index (Phi) is 5.13. The third kappa shape index (κ3) is 3.73. The molecule has 2 aromatic heterocycles. The maximum absolute atomic E-state index is 13.9. The minimum Gasteiger partial charge on any atom is -0.497 e. The largest absolute Gasteiger partial charge is 0.497 e. The Hall–Kier alpha value is -3.67. The van der Waals surface area contributed by atoms with Crippen molar-refractivity contribution in [2.75, 3.05) is 7.11 Å². The molecule has 0 radical (unpaired) electrons. The highest BCUT2D eigenvalue weighted by molar-refractivity contribution is 6.07. The molecular weight excluding hydrogens is 400 g/mol. The van der Waals surface area contributed by atoms with Gasteiger partial charge in [-0.1, -0.05) is 42.5 Å². The molecule has 162 valence electrons. The molecule has 2 heterocycles. The summed E-state index contributed by atoms with van der Waals surface area (Å²) in [6.45, 7) is 2.51. The fourth-order valence-electron chi connectivity index (χ4n) is 4.21. The maximum atomic E-state index is 13.9. The van der Waals surface area contributed by atoms with E-state index in [1.54, 1.807) is 11.8 Å². The van der Waals surface area contributed by atoms with Gasteiger partial charge in [0.1, 0.15) is 5.75 Å². The molecule has 1 aliphatic rings. The monoisotopic (exact) mass is 426 g/mol. The second kappa shape index (κ2) is 8.11. The summed E-state index contributed by atoms with van der Waals surface area (Å²) in [5, 5.41) is 5.39. The molecule has 0 bridgehead atoms. The second-order valence-corrected chi connectivity index (χ2v) is 8.34. The number of pyridine rings is 1. The van der Waals surface area contributed by atoms with Gasteiger partial charge in [0.2, 0.25) is 0 Å². The van der Waals surface area contributed by atoms with Crippen LogP contribution in [0, 0.1) is 6.92 Å². The molecule has 1 fully saturated rings. The Bertz CT molecular complexity index is 1270. The van der Waals surface area contributed by atoms with Crippen LogP contribution < -0.4 is 4.74 Å². The van der Waals surface area contributed by atoms with E-state index in [2.05, 4.69) is 5.10 Å². The van der Waals surface area contributed by atoms with Crippen molar-refractivity contribution in [2.45, 2.75) is 32.4 Å². The molecule has 6 heteroatoms. The highest BCUT2D eigenvalue weighted by Gasteiger charge is 2.34. The smallest absolute Gasteiger partial charge is 0.255 e. The minimum absolute atomic E-state index is 0.0315. The van der Waals surface area contributed by atoms with Crippen molar-refractivity contribution in [3.8, 4) is 17.0 Å². The summed E-state index contributed by atoms with van der Waals surface area (Å²) in [5.41, 5.74) is 5.06. The van der Waals surface area contributed by atoms with Crippen molar-refractivity contribution >= 4 is 16.9 Å². The van der Waals surface area contributed by atoms with Crippen LogP contribution in [0.5, 0.6) is 5.75 Å². The van der Waals surface area contributed by atoms with Crippen LogP contribution in [0.3, 0.4) is 0 Å². The number of rotatable bonds is 6. The molecule has 5 rings (SSSR count). The number of hydrogen-bond acceptors (Lipinski definition) is 4. The first-order valence-corrected chi connectivity index (χ1v) is 10.9. The standard InChI is InChI=1S/C26H26N4O2/c1-17-24-22(15-23(19-7-5-4-6-8-19)27-25(24)29(2)28-17)26(31)30(20-11-12-20)16-18-9-13-21(32-3)14-10-18/h4-10,13-15,20H,11-12,16H2,1-3H3. The van der Waals surface area contributed by atoms with Gasteiger partial charge in [-0.2, -0.15) is 5.10 Å². The lowest BCUT2D eigenvalue weighted by atomic mass is 10.0. The van der Waals surface area contributed by atoms with E-state index in [0.29, 0.717) is 12.1 Å². The van der Waals surface area contributed by atoms with Crippen LogP contribution in [0.1, 0.15) is 34.5 Å². The third-order valence-electron chi connectivity index (χ3n) is 6.03. The number of amides is 1. The van der Waals surface area contributed by atoms with Crippen molar-refractivity contribution in [1.82, 2.24) is 19.7 Å². The van der Waals surface area contributed by atoms with Crippen LogP contribution in [-0.4, -0.2) is 38.7 Å². The first kappa shape index (κ1) is 20.2. The van der Waals surface area contributed by atoms with Crippen LogP contribution in [0.25, 0.3) is 22.3 Å². The van der Waals surface area contributed by atoms with Gasteiger partial charge in [-0.15, -0.1) is 0 Å². The summed E-state index contributed by atoms with van der Waals surface area (Å²) in [6, 6.07) is 20.1. The average molecular weight is 427 g/mol. The number of carbonyl (C=O) groups excluding carboxylic acids is 1. The Morgan fingerprint density at radius 1 is 1.12 bits per heavy atom. The summed E-state index contributed by atoms with van der Waals surface area (Å²) >= 11 is 0. The van der Waals surface area contributed by atoms with Gasteiger partial charge in [0.25, 0.3) is 5.91 Å². The van der Waals surface area contributed by atoms with E-state index in [4.69, 9.17) is 9.72 Å². The number of methoxy groups -OCH3 is 1. The lowest BCUT2D eigenvalue weighted by Gasteiger charge is -2.23. The Balaban J connectivity index is 1.59. The molecule has 6 nitrogen and oxygen atoms in total. The number of fused-ring (bicyclic) bond motifs is 1. The first-order chi connectivity index (χ1) is 15.5. The van der Waals surface area contributed by atoms with Crippen LogP contribution >= 0.6 is 0 Å². The molecule has 0 N–H and O–H groups in total. The normalized spacial score (nSPS) is 13.3. The van der Waals surface area contributed by atoms with Crippen LogP contribution in [0.2, 0.25) is 0 Å². The van der Waals surface area contributed by atoms with Crippen LogP contribution in [0.4, 0.5) is 0 Å². The predicted molar refractivity (Wildman–Crippen MR) is 125 cm³/mol. The number of hydrogen-bond donors (Lipinski definition) is 0. The topological polar surface area (TPSA) is 60.2 Å². The lowest BCUT2D eigenvalue weighted by molar-refractivity contribution is 0.0732. The molecule has 0 atom stereocenters. The summed E-state index contributed by atoms with van der Waals surface area (Å²) in [7, 11) is 3.53. The maximum Gasteiger partial charge on any atom is 0.255 e. The van der Waals surface area contributed by atoms with E-state index in [-0.39, 0.29) is 11.9 Å². The fraction of sp³-hybridized carbons (Fsp3) is 0.269. The number of aryl methyl sites for hydroxylation is 2. The van der Waals surface area contributed by atoms with Crippen molar-refractivity contribution in [3.63, 3.8) is 0 Å². The zero-order valence-corrected chi connectivity index (χ0v) is 18.6. The second-order valence-electron chi connectivity index (χ2n) is 8.34. The quantitative estimate of drug-likeness (QED) is 0.446. The van der Waals surface area contributed by atoms with Crippen molar-refractivity contribution in [1.29, 1.82) is 0 Å². The molecule has 0 unspecified atom stereocenters. The van der Waals surface area contributed by atoms with E-state index in [0.717, 1.165) is 52.1 Å². The molecule has 2 aromatic carbocycles. The minimum atomic E-state index is 0.0315. The van der Waals surface area contributed by atoms with Crippen LogP contribution in [-0.2, 0) is 13.6 Å². The first-order valence-electron chi connectivity index (χ1n) is 10.9. The van der Waals surface area contributed by atoms with Gasteiger partial charge >= 0.3 is 0 Å². The summed E-state index contributed by atoms with van der Waals surface area (Å²) in [5.74, 6) is 0.844. The zero-order chi connectivity index (χ0) is 22.2. The third-order valence-corrected chi connectivity index (χ3v) is 6.03. The van der Waals surface area contributed by atoms with E-state index in [1.165, 1.54) is 0 Å². The molecule has 4 aromatic rings. The van der Waals surface area contributed by atoms with Gasteiger partial charge in [0, 0.05) is 25.2 Å². The van der Waals surface area contributed by atoms with E-state index in [9.17, 15) is 4.79 Å². The fourth-order valence-corrected chi connectivity index (χ4v) is 4.21. The van der Waals surface area contributed by atoms with Crippen molar-refractivity contribution < 1.29 is 9.53 Å². The number of aromatic nitrogens is 3. The molecule has 32 heavy (non-hydrogen) atoms. The summed E-state index contributed by atoms with van der Waals surface area (Å²) in [6.07, 6.45) is 2.07. The number of carbonyl (C=O) groups is 1. The SMILES string of the molecule is COc1ccc(CN(C(=O)c2cc(-c3ccccc3)nc3c2c(C)nn3C)C2CC2)cc1. The molecular formula is C26H26N4O2. The predicted octanol–water partition coefficient (Wildman–Crippen LogP) is 4.76. The van der Waals surface area contributed by atoms with Gasteiger partial charge in [0.15, 0.2) is 5.65 Å². The van der Waals surface area contributed by atoms with Gasteiger partial charge in [0.05, 0.1) is 29.4 Å². The highest BCUT2D eigenvalue weighted by atomic mass is 16.5. The Morgan fingerprint density at radius 2 is 1.84 bits per heavy atom. The Morgan fingerprint density at radius 3 is 2.50 bits per heavy atom. The summed E-state index contributed by atoms with van der Waals surface area (Å²) < 4.78 is 7.04. The molecule has 0 spiro atoms. The molecule has 0 saturated heterocycles. The van der Waals surface area contributed by atoms with Gasteiger partial charge in [-0.05, 0) is 43.5 Å². The number of nitrogens with zero attached hydrogens (tertiary/aromatic N) is 4. The van der Waals surface area contributed by atoms with Gasteiger partial charge < -0.3 is 9.64 Å². The van der Waals surface area contributed by atoms with Crippen LogP contribution in [0.15, 0.2) is 60.7 Å². The van der Waals surface area contributed by atoms with E-state index in [1.807, 2.05) is 79.5 Å². The zero-order valence-electron chi connectivity index (χ0n) is 18.6. The van der Waals surface area contributed by atoms with Gasteiger partial charge in [-0.25, -0.2) is 4.98 Å². The van der Waals surface area contributed by atoms with E-state index >= 15 is 0 Å². The number of ether oxygens (including phenoxy) is 1. The Labute approximate surface area is 187 Å². The van der Waals surface area contributed by atoms with Crippen molar-refractivity contribution in [2.24, 2.45) is 7.05 Å². The molecule has 1 saturated carbocycles. The summed E-state index contributed by atoms with van der Waals surface area (Å²) in [4.78, 5) is 20.8.